The van der Waals surface area contributed by atoms with Crippen LogP contribution in [0.2, 0.25) is 0 Å². The third-order valence-electron chi connectivity index (χ3n) is 4.44. The van der Waals surface area contributed by atoms with Crippen molar-refractivity contribution in [2.45, 2.75) is 25.4 Å². The maximum Gasteiger partial charge on any atom is 0.151 e. The highest BCUT2D eigenvalue weighted by Gasteiger charge is 2.25. The number of anilines is 1. The van der Waals surface area contributed by atoms with Crippen LogP contribution in [0.4, 0.5) is 5.82 Å². The molecule has 2 aromatic heterocycles. The minimum absolute atomic E-state index is 0.445. The van der Waals surface area contributed by atoms with Crippen LogP contribution in [0.3, 0.4) is 0 Å². The topological polar surface area (TPSA) is 71.8 Å². The molecule has 1 aliphatic rings. The standard InChI is InChI=1S/C18H21N7/c1-2-6-16(7-3-1)25-21-13-15(23-25)12-19-14-17-8-5-11-24(17)18-9-4-10-20-22-18/h1-4,6-7,9-10,13,17,19H,5,8,11-12,14H2. The molecule has 1 unspecified atom stereocenters. The predicted octanol–water partition coefficient (Wildman–Crippen LogP) is 1.82. The second-order valence-corrected chi connectivity index (χ2v) is 6.16. The predicted molar refractivity (Wildman–Crippen MR) is 95.5 cm³/mol. The Morgan fingerprint density at radius 3 is 2.88 bits per heavy atom. The number of hydrogen-bond donors (Lipinski definition) is 1. The van der Waals surface area contributed by atoms with Crippen LogP contribution in [0.25, 0.3) is 5.69 Å². The molecule has 0 aliphatic carbocycles. The maximum absolute atomic E-state index is 4.53. The van der Waals surface area contributed by atoms with E-state index in [0.29, 0.717) is 12.6 Å². The van der Waals surface area contributed by atoms with Crippen LogP contribution >= 0.6 is 0 Å². The van der Waals surface area contributed by atoms with Gasteiger partial charge in [-0.15, -0.1) is 5.10 Å². The fourth-order valence-corrected chi connectivity index (χ4v) is 3.22. The number of hydrogen-bond acceptors (Lipinski definition) is 6. The largest absolute Gasteiger partial charge is 0.351 e. The van der Waals surface area contributed by atoms with Crippen LogP contribution in [0.5, 0.6) is 0 Å². The molecule has 0 bridgehead atoms. The highest BCUT2D eigenvalue weighted by atomic mass is 15.5. The summed E-state index contributed by atoms with van der Waals surface area (Å²) in [6.07, 6.45) is 5.88. The zero-order valence-corrected chi connectivity index (χ0v) is 14.0. The first-order valence-electron chi connectivity index (χ1n) is 8.62. The van der Waals surface area contributed by atoms with Gasteiger partial charge in [-0.05, 0) is 37.1 Å². The Balaban J connectivity index is 1.33. The van der Waals surface area contributed by atoms with Crippen molar-refractivity contribution in [3.8, 4) is 5.69 Å². The van der Waals surface area contributed by atoms with Crippen molar-refractivity contribution in [1.29, 1.82) is 0 Å². The lowest BCUT2D eigenvalue weighted by Crippen LogP contribution is -2.38. The van der Waals surface area contributed by atoms with Gasteiger partial charge in [0.15, 0.2) is 5.82 Å². The normalized spacial score (nSPS) is 17.1. The van der Waals surface area contributed by atoms with Gasteiger partial charge in [0.1, 0.15) is 0 Å². The van der Waals surface area contributed by atoms with Crippen molar-refractivity contribution in [2.24, 2.45) is 0 Å². The molecule has 1 aromatic carbocycles. The first-order chi connectivity index (χ1) is 12.4. The molecular formula is C18H21N7. The molecule has 7 nitrogen and oxygen atoms in total. The van der Waals surface area contributed by atoms with E-state index in [1.165, 1.54) is 12.8 Å². The van der Waals surface area contributed by atoms with Crippen LogP contribution in [-0.2, 0) is 6.54 Å². The Labute approximate surface area is 146 Å². The van der Waals surface area contributed by atoms with E-state index in [1.807, 2.05) is 48.7 Å². The highest BCUT2D eigenvalue weighted by molar-refractivity contribution is 5.39. The Kier molecular flexibility index (Phi) is 4.65. The minimum Gasteiger partial charge on any atom is -0.351 e. The molecule has 7 heteroatoms. The molecule has 25 heavy (non-hydrogen) atoms. The molecular weight excluding hydrogens is 314 g/mol. The molecule has 1 aliphatic heterocycles. The quantitative estimate of drug-likeness (QED) is 0.741. The number of rotatable bonds is 6. The Hall–Kier alpha value is -2.80. The molecule has 1 saturated heterocycles. The average Bonchev–Trinajstić information content (AvgIpc) is 3.33. The zero-order valence-electron chi connectivity index (χ0n) is 14.0. The molecule has 1 N–H and O–H groups in total. The van der Waals surface area contributed by atoms with Crippen LogP contribution in [-0.4, -0.2) is 44.3 Å². The maximum atomic E-state index is 4.53. The van der Waals surface area contributed by atoms with E-state index in [4.69, 9.17) is 0 Å². The van der Waals surface area contributed by atoms with E-state index < -0.39 is 0 Å². The molecule has 0 radical (unpaired) electrons. The number of nitrogens with one attached hydrogen (secondary N) is 1. The van der Waals surface area contributed by atoms with E-state index in [1.54, 1.807) is 11.0 Å². The Morgan fingerprint density at radius 2 is 2.04 bits per heavy atom. The summed E-state index contributed by atoms with van der Waals surface area (Å²) in [6, 6.07) is 14.4. The van der Waals surface area contributed by atoms with E-state index in [-0.39, 0.29) is 0 Å². The van der Waals surface area contributed by atoms with Crippen LogP contribution in [0, 0.1) is 0 Å². The summed E-state index contributed by atoms with van der Waals surface area (Å²) in [5.41, 5.74) is 1.91. The van der Waals surface area contributed by atoms with Gasteiger partial charge in [0.2, 0.25) is 0 Å². The lowest BCUT2D eigenvalue weighted by Gasteiger charge is -2.25. The average molecular weight is 335 g/mol. The summed E-state index contributed by atoms with van der Waals surface area (Å²) >= 11 is 0. The zero-order chi connectivity index (χ0) is 16.9. The minimum atomic E-state index is 0.445. The lowest BCUT2D eigenvalue weighted by atomic mass is 10.2. The third-order valence-corrected chi connectivity index (χ3v) is 4.44. The van der Waals surface area contributed by atoms with Crippen LogP contribution in [0.15, 0.2) is 54.9 Å². The molecule has 3 aromatic rings. The van der Waals surface area contributed by atoms with E-state index in [0.717, 1.165) is 30.3 Å². The van der Waals surface area contributed by atoms with Crippen LogP contribution in [0.1, 0.15) is 18.5 Å². The van der Waals surface area contributed by atoms with E-state index in [9.17, 15) is 0 Å². The van der Waals surface area contributed by atoms with Crippen molar-refractivity contribution < 1.29 is 0 Å². The van der Waals surface area contributed by atoms with Gasteiger partial charge in [-0.2, -0.15) is 20.1 Å². The third kappa shape index (κ3) is 3.66. The second-order valence-electron chi connectivity index (χ2n) is 6.16. The van der Waals surface area contributed by atoms with Crippen molar-refractivity contribution in [1.82, 2.24) is 30.5 Å². The molecule has 4 rings (SSSR count). The summed E-state index contributed by atoms with van der Waals surface area (Å²) < 4.78 is 0. The van der Waals surface area contributed by atoms with Gasteiger partial charge >= 0.3 is 0 Å². The lowest BCUT2D eigenvalue weighted by molar-refractivity contribution is 0.563. The SMILES string of the molecule is c1ccc(-n2ncc(CNCC3CCCN3c3cccnn3)n2)cc1. The number of aromatic nitrogens is 5. The van der Waals surface area contributed by atoms with Gasteiger partial charge in [0.05, 0.1) is 17.6 Å². The molecule has 0 saturated carbocycles. The van der Waals surface area contributed by atoms with E-state index >= 15 is 0 Å². The molecule has 1 atom stereocenters. The van der Waals surface area contributed by atoms with Gasteiger partial charge in [-0.1, -0.05) is 18.2 Å². The fourth-order valence-electron chi connectivity index (χ4n) is 3.22. The monoisotopic (exact) mass is 335 g/mol. The first kappa shape index (κ1) is 15.7. The van der Waals surface area contributed by atoms with Gasteiger partial charge in [-0.25, -0.2) is 0 Å². The summed E-state index contributed by atoms with van der Waals surface area (Å²) in [4.78, 5) is 4.00. The smallest absolute Gasteiger partial charge is 0.151 e. The van der Waals surface area contributed by atoms with Gasteiger partial charge in [0.25, 0.3) is 0 Å². The first-order valence-corrected chi connectivity index (χ1v) is 8.62. The van der Waals surface area contributed by atoms with Crippen molar-refractivity contribution in [3.05, 3.63) is 60.6 Å². The van der Waals surface area contributed by atoms with Crippen molar-refractivity contribution in [2.75, 3.05) is 18.0 Å². The van der Waals surface area contributed by atoms with Crippen LogP contribution < -0.4 is 10.2 Å². The Morgan fingerprint density at radius 1 is 1.12 bits per heavy atom. The summed E-state index contributed by atoms with van der Waals surface area (Å²) in [5, 5.41) is 20.6. The summed E-state index contributed by atoms with van der Waals surface area (Å²) in [6.45, 7) is 2.64. The van der Waals surface area contributed by atoms with Crippen molar-refractivity contribution in [3.63, 3.8) is 0 Å². The summed E-state index contributed by atoms with van der Waals surface area (Å²) in [7, 11) is 0. The van der Waals surface area contributed by atoms with Crippen molar-refractivity contribution >= 4 is 5.82 Å². The van der Waals surface area contributed by atoms with Gasteiger partial charge < -0.3 is 10.2 Å². The molecule has 128 valence electrons. The molecule has 3 heterocycles. The number of benzene rings is 1. The second kappa shape index (κ2) is 7.40. The fraction of sp³-hybridized carbons (Fsp3) is 0.333. The Bertz CT molecular complexity index is 787. The summed E-state index contributed by atoms with van der Waals surface area (Å²) in [5.74, 6) is 0.960. The highest BCUT2D eigenvalue weighted by Crippen LogP contribution is 2.22. The number of para-hydroxylation sites is 1. The molecule has 0 amide bonds. The number of nitrogens with zero attached hydrogens (tertiary/aromatic N) is 6. The molecule has 1 fully saturated rings. The van der Waals surface area contributed by atoms with Gasteiger partial charge in [-0.3, -0.25) is 0 Å². The molecule has 0 spiro atoms. The van der Waals surface area contributed by atoms with Gasteiger partial charge in [0, 0.05) is 31.9 Å². The van der Waals surface area contributed by atoms with E-state index in [2.05, 4.69) is 30.6 Å².